The van der Waals surface area contributed by atoms with Crippen LogP contribution in [0.5, 0.6) is 0 Å². The van der Waals surface area contributed by atoms with Gasteiger partial charge < -0.3 is 10.2 Å². The first-order valence-electron chi connectivity index (χ1n) is 7.64. The maximum atomic E-state index is 12.3. The summed E-state index contributed by atoms with van der Waals surface area (Å²) < 4.78 is 1.33. The van der Waals surface area contributed by atoms with Gasteiger partial charge in [0.25, 0.3) is 5.56 Å². The number of nitrogens with one attached hydrogen (secondary N) is 1. The van der Waals surface area contributed by atoms with Crippen LogP contribution in [0.4, 0.5) is 11.5 Å². The third-order valence-electron chi connectivity index (χ3n) is 4.08. The largest absolute Gasteiger partial charge is 0.355 e. The van der Waals surface area contributed by atoms with E-state index in [1.165, 1.54) is 10.7 Å². The first-order chi connectivity index (χ1) is 11.1. The first kappa shape index (κ1) is 15.2. The predicted octanol–water partition coefficient (Wildman–Crippen LogP) is 1.03. The van der Waals surface area contributed by atoms with E-state index < -0.39 is 0 Å². The zero-order valence-corrected chi connectivity index (χ0v) is 13.0. The summed E-state index contributed by atoms with van der Waals surface area (Å²) in [5.41, 5.74) is 0.646. The number of amides is 1. The Balaban J connectivity index is 1.58. The van der Waals surface area contributed by atoms with Crippen LogP contribution < -0.4 is 15.8 Å². The van der Waals surface area contributed by atoms with Gasteiger partial charge in [0.15, 0.2) is 0 Å². The SMILES string of the molecule is Cn1nc(N2CCC(C(=O)Nc3ccncc3)CC2)ccc1=O. The second-order valence-corrected chi connectivity index (χ2v) is 5.64. The van der Waals surface area contributed by atoms with Gasteiger partial charge in [-0.2, -0.15) is 5.10 Å². The molecule has 0 spiro atoms. The molecule has 1 aliphatic heterocycles. The summed E-state index contributed by atoms with van der Waals surface area (Å²) in [5, 5.41) is 7.18. The fourth-order valence-corrected chi connectivity index (χ4v) is 2.71. The number of nitrogens with zero attached hydrogens (tertiary/aromatic N) is 4. The minimum atomic E-state index is -0.125. The van der Waals surface area contributed by atoms with Gasteiger partial charge in [0.1, 0.15) is 5.82 Å². The Bertz CT molecular complexity index is 736. The standard InChI is InChI=1S/C16H19N5O2/c1-20-15(22)3-2-14(19-20)21-10-6-12(7-11-21)16(23)18-13-4-8-17-9-5-13/h2-5,8-9,12H,6-7,10-11H2,1H3,(H,17,18,23). The topological polar surface area (TPSA) is 80.1 Å². The maximum absolute atomic E-state index is 12.3. The van der Waals surface area contributed by atoms with Crippen LogP contribution in [0.25, 0.3) is 0 Å². The van der Waals surface area contributed by atoms with Crippen LogP contribution in [0.1, 0.15) is 12.8 Å². The number of carbonyl (C=O) groups is 1. The average molecular weight is 313 g/mol. The van der Waals surface area contributed by atoms with Crippen molar-refractivity contribution in [1.29, 1.82) is 0 Å². The fourth-order valence-electron chi connectivity index (χ4n) is 2.71. The lowest BCUT2D eigenvalue weighted by atomic mass is 9.96. The van der Waals surface area contributed by atoms with E-state index in [0.717, 1.165) is 37.4 Å². The van der Waals surface area contributed by atoms with E-state index in [4.69, 9.17) is 0 Å². The molecule has 7 nitrogen and oxygen atoms in total. The van der Waals surface area contributed by atoms with Crippen molar-refractivity contribution in [3.05, 3.63) is 47.0 Å². The fraction of sp³-hybridized carbons (Fsp3) is 0.375. The molecule has 0 atom stereocenters. The number of rotatable bonds is 3. The molecule has 23 heavy (non-hydrogen) atoms. The van der Waals surface area contributed by atoms with Gasteiger partial charge in [-0.15, -0.1) is 0 Å². The number of pyridine rings is 1. The van der Waals surface area contributed by atoms with E-state index in [1.807, 2.05) is 0 Å². The average Bonchev–Trinajstić information content (AvgIpc) is 2.58. The van der Waals surface area contributed by atoms with Gasteiger partial charge in [-0.05, 0) is 31.0 Å². The van der Waals surface area contributed by atoms with E-state index in [-0.39, 0.29) is 17.4 Å². The van der Waals surface area contributed by atoms with Crippen LogP contribution in [0.2, 0.25) is 0 Å². The molecule has 2 aromatic rings. The van der Waals surface area contributed by atoms with Crippen LogP contribution in [0.15, 0.2) is 41.5 Å². The highest BCUT2D eigenvalue weighted by molar-refractivity contribution is 5.92. The van der Waals surface area contributed by atoms with Crippen molar-refractivity contribution in [2.24, 2.45) is 13.0 Å². The molecular formula is C16H19N5O2. The molecule has 0 aliphatic carbocycles. The molecule has 2 aromatic heterocycles. The van der Waals surface area contributed by atoms with E-state index in [1.54, 1.807) is 37.6 Å². The Morgan fingerprint density at radius 1 is 1.17 bits per heavy atom. The zero-order valence-electron chi connectivity index (χ0n) is 13.0. The van der Waals surface area contributed by atoms with Crippen molar-refractivity contribution in [3.8, 4) is 0 Å². The van der Waals surface area contributed by atoms with Crippen molar-refractivity contribution in [3.63, 3.8) is 0 Å². The summed E-state index contributed by atoms with van der Waals surface area (Å²) in [5.74, 6) is 0.816. The van der Waals surface area contributed by atoms with Gasteiger partial charge >= 0.3 is 0 Å². The van der Waals surface area contributed by atoms with Crippen LogP contribution in [0, 0.1) is 5.92 Å². The monoisotopic (exact) mass is 313 g/mol. The minimum Gasteiger partial charge on any atom is -0.355 e. The summed E-state index contributed by atoms with van der Waals surface area (Å²) in [6, 6.07) is 6.81. The highest BCUT2D eigenvalue weighted by Crippen LogP contribution is 2.22. The van der Waals surface area contributed by atoms with Gasteiger partial charge in [0, 0.05) is 50.2 Å². The zero-order chi connectivity index (χ0) is 16.2. The minimum absolute atomic E-state index is 0.00746. The molecule has 1 N–H and O–H groups in total. The van der Waals surface area contributed by atoms with Crippen molar-refractivity contribution >= 4 is 17.4 Å². The van der Waals surface area contributed by atoms with E-state index in [2.05, 4.69) is 20.3 Å². The van der Waals surface area contributed by atoms with Gasteiger partial charge in [0.2, 0.25) is 5.91 Å². The normalized spacial score (nSPS) is 15.4. The molecule has 0 unspecified atom stereocenters. The summed E-state index contributed by atoms with van der Waals surface area (Å²) in [4.78, 5) is 29.7. The van der Waals surface area contributed by atoms with Crippen molar-refractivity contribution < 1.29 is 4.79 Å². The van der Waals surface area contributed by atoms with Crippen LogP contribution in [-0.4, -0.2) is 33.8 Å². The third kappa shape index (κ3) is 3.56. The highest BCUT2D eigenvalue weighted by atomic mass is 16.2. The molecule has 0 aromatic carbocycles. The molecule has 0 saturated carbocycles. The van der Waals surface area contributed by atoms with Crippen molar-refractivity contribution in [2.75, 3.05) is 23.3 Å². The molecule has 3 rings (SSSR count). The molecule has 1 amide bonds. The van der Waals surface area contributed by atoms with Crippen LogP contribution in [0.3, 0.4) is 0 Å². The van der Waals surface area contributed by atoms with E-state index >= 15 is 0 Å². The first-order valence-corrected chi connectivity index (χ1v) is 7.64. The number of anilines is 2. The lowest BCUT2D eigenvalue weighted by Crippen LogP contribution is -2.39. The van der Waals surface area contributed by atoms with Crippen LogP contribution in [-0.2, 0) is 11.8 Å². The summed E-state index contributed by atoms with van der Waals surface area (Å²) in [7, 11) is 1.64. The Hall–Kier alpha value is -2.70. The molecule has 0 radical (unpaired) electrons. The van der Waals surface area contributed by atoms with E-state index in [0.29, 0.717) is 0 Å². The highest BCUT2D eigenvalue weighted by Gasteiger charge is 2.25. The quantitative estimate of drug-likeness (QED) is 0.915. The second kappa shape index (κ2) is 6.60. The summed E-state index contributed by atoms with van der Waals surface area (Å²) in [6.07, 6.45) is 4.84. The molecule has 1 saturated heterocycles. The van der Waals surface area contributed by atoms with Crippen molar-refractivity contribution in [2.45, 2.75) is 12.8 Å². The molecule has 1 aliphatic rings. The Morgan fingerprint density at radius 3 is 2.52 bits per heavy atom. The number of hydrogen-bond acceptors (Lipinski definition) is 5. The predicted molar refractivity (Wildman–Crippen MR) is 87.3 cm³/mol. The molecule has 120 valence electrons. The Labute approximate surface area is 134 Å². The number of piperidine rings is 1. The number of aromatic nitrogens is 3. The lowest BCUT2D eigenvalue weighted by molar-refractivity contribution is -0.120. The number of hydrogen-bond donors (Lipinski definition) is 1. The molecule has 0 bridgehead atoms. The lowest BCUT2D eigenvalue weighted by Gasteiger charge is -2.32. The summed E-state index contributed by atoms with van der Waals surface area (Å²) in [6.45, 7) is 1.50. The van der Waals surface area contributed by atoms with Crippen LogP contribution >= 0.6 is 0 Å². The van der Waals surface area contributed by atoms with Gasteiger partial charge in [-0.1, -0.05) is 0 Å². The molecule has 3 heterocycles. The smallest absolute Gasteiger partial charge is 0.266 e. The maximum Gasteiger partial charge on any atom is 0.266 e. The van der Waals surface area contributed by atoms with Crippen molar-refractivity contribution in [1.82, 2.24) is 14.8 Å². The Morgan fingerprint density at radius 2 is 1.87 bits per heavy atom. The molecular weight excluding hydrogens is 294 g/mol. The van der Waals surface area contributed by atoms with Gasteiger partial charge in [0.05, 0.1) is 0 Å². The van der Waals surface area contributed by atoms with Gasteiger partial charge in [-0.25, -0.2) is 4.68 Å². The van der Waals surface area contributed by atoms with E-state index in [9.17, 15) is 9.59 Å². The molecule has 7 heteroatoms. The number of aryl methyl sites for hydroxylation is 1. The van der Waals surface area contributed by atoms with Gasteiger partial charge in [-0.3, -0.25) is 14.6 Å². The Kier molecular flexibility index (Phi) is 4.36. The third-order valence-corrected chi connectivity index (χ3v) is 4.08. The molecule has 1 fully saturated rings. The summed E-state index contributed by atoms with van der Waals surface area (Å²) >= 11 is 0. The number of carbonyl (C=O) groups excluding carboxylic acids is 1. The second-order valence-electron chi connectivity index (χ2n) is 5.64.